The number of rotatable bonds is 7. The van der Waals surface area contributed by atoms with Crippen molar-refractivity contribution in [3.63, 3.8) is 0 Å². The summed E-state index contributed by atoms with van der Waals surface area (Å²) in [5.41, 5.74) is -0.340. The average molecular weight is 488 g/mol. The molecule has 0 spiro atoms. The third kappa shape index (κ3) is 4.73. The fourth-order valence-corrected chi connectivity index (χ4v) is 4.74. The number of nitrogens with zero attached hydrogens (tertiary/aromatic N) is 3. The Bertz CT molecular complexity index is 1290. The van der Waals surface area contributed by atoms with Crippen LogP contribution in [0.5, 0.6) is 0 Å². The summed E-state index contributed by atoms with van der Waals surface area (Å²) in [6, 6.07) is 5.32. The normalized spacial score (nSPS) is 20.1. The lowest BCUT2D eigenvalue weighted by atomic mass is 9.98. The second-order valence-corrected chi connectivity index (χ2v) is 9.36. The molecule has 3 heterocycles. The lowest BCUT2D eigenvalue weighted by molar-refractivity contribution is -0.138. The van der Waals surface area contributed by atoms with Crippen molar-refractivity contribution in [2.75, 3.05) is 6.54 Å². The van der Waals surface area contributed by atoms with Gasteiger partial charge < -0.3 is 9.47 Å². The Hall–Kier alpha value is -3.13. The van der Waals surface area contributed by atoms with Crippen molar-refractivity contribution in [3.8, 4) is 0 Å². The summed E-state index contributed by atoms with van der Waals surface area (Å²) in [7, 11) is 0. The molecule has 178 valence electrons. The topological polar surface area (TPSA) is 72.3 Å². The zero-order chi connectivity index (χ0) is 24.6. The van der Waals surface area contributed by atoms with Gasteiger partial charge in [-0.05, 0) is 38.0 Å². The van der Waals surface area contributed by atoms with E-state index in [1.807, 2.05) is 0 Å². The summed E-state index contributed by atoms with van der Waals surface area (Å²) in [5.74, 6) is -1.51. The minimum absolute atomic E-state index is 0.0296. The van der Waals surface area contributed by atoms with Crippen LogP contribution in [-0.2, 0) is 22.6 Å². The number of alkyl halides is 1. The Morgan fingerprint density at radius 2 is 2.03 bits per heavy atom. The third-order valence-electron chi connectivity index (χ3n) is 6.23. The monoisotopic (exact) mass is 487 g/mol. The molecule has 6 nitrogen and oxygen atoms in total. The lowest BCUT2D eigenvalue weighted by Crippen LogP contribution is -2.42. The number of hydrogen-bond donors (Lipinski definition) is 0. The molecule has 0 radical (unpaired) electrons. The quantitative estimate of drug-likeness (QED) is 0.458. The molecule has 4 rings (SSSR count). The molecule has 2 atom stereocenters. The van der Waals surface area contributed by atoms with Gasteiger partial charge in [-0.3, -0.25) is 19.4 Å². The number of aromatic nitrogens is 2. The maximum atomic E-state index is 14.9. The van der Waals surface area contributed by atoms with Gasteiger partial charge in [0.1, 0.15) is 18.0 Å². The first kappa shape index (κ1) is 24.0. The van der Waals surface area contributed by atoms with E-state index in [0.717, 1.165) is 0 Å². The van der Waals surface area contributed by atoms with Crippen LogP contribution >= 0.6 is 11.6 Å². The second kappa shape index (κ2) is 9.25. The van der Waals surface area contributed by atoms with Gasteiger partial charge in [0.25, 0.3) is 0 Å². The summed E-state index contributed by atoms with van der Waals surface area (Å²) in [6.07, 6.45) is 4.63. The summed E-state index contributed by atoms with van der Waals surface area (Å²) in [6.45, 7) is 2.42. The van der Waals surface area contributed by atoms with E-state index >= 15 is 0 Å². The Labute approximate surface area is 200 Å². The smallest absolute Gasteiger partial charge is 0.243 e. The summed E-state index contributed by atoms with van der Waals surface area (Å²) >= 11 is 5.81. The van der Waals surface area contributed by atoms with Crippen LogP contribution in [0.2, 0.25) is 5.02 Å². The number of ketones is 2. The van der Waals surface area contributed by atoms with Crippen molar-refractivity contribution >= 4 is 40.0 Å². The standard InChI is InChI=1S/C25H24ClF2N3O3/c1-15(32)18-12-30(20-8-9-29-11-17(18)20)13-23(34)31-14-25(2,28)10-21(31)22(33)7-6-16-4-3-5-19(26)24(16)27/h3-5,8-9,11-12,21H,6-7,10,13-14H2,1-2H3/t21-,25+/m0/s1. The van der Waals surface area contributed by atoms with Gasteiger partial charge in [0.15, 0.2) is 11.6 Å². The number of carbonyl (C=O) groups is 3. The van der Waals surface area contributed by atoms with Crippen molar-refractivity contribution in [2.24, 2.45) is 0 Å². The van der Waals surface area contributed by atoms with Crippen LogP contribution in [0.25, 0.3) is 10.9 Å². The number of halogens is 3. The number of likely N-dealkylation sites (tertiary alicyclic amines) is 1. The highest BCUT2D eigenvalue weighted by molar-refractivity contribution is 6.30. The van der Waals surface area contributed by atoms with Gasteiger partial charge in [-0.1, -0.05) is 23.7 Å². The van der Waals surface area contributed by atoms with E-state index in [9.17, 15) is 23.2 Å². The fraction of sp³-hybridized carbons (Fsp3) is 0.360. The molecule has 1 aliphatic heterocycles. The number of amides is 1. The first-order valence-electron chi connectivity index (χ1n) is 10.9. The highest BCUT2D eigenvalue weighted by Gasteiger charge is 2.46. The number of aryl methyl sites for hydroxylation is 1. The number of pyridine rings is 1. The van der Waals surface area contributed by atoms with Gasteiger partial charge in [-0.25, -0.2) is 8.78 Å². The molecule has 1 saturated heterocycles. The highest BCUT2D eigenvalue weighted by atomic mass is 35.5. The molecule has 34 heavy (non-hydrogen) atoms. The van der Waals surface area contributed by atoms with E-state index in [1.165, 1.54) is 24.8 Å². The minimum Gasteiger partial charge on any atom is -0.337 e. The SMILES string of the molecule is CC(=O)c1cn(CC(=O)N2C[C@](C)(F)C[C@H]2C(=O)CCc2cccc(Cl)c2F)c2ccncc12. The van der Waals surface area contributed by atoms with E-state index in [4.69, 9.17) is 11.6 Å². The largest absolute Gasteiger partial charge is 0.337 e. The molecule has 9 heteroatoms. The molecule has 0 N–H and O–H groups in total. The molecule has 0 saturated carbocycles. The van der Waals surface area contributed by atoms with Crippen molar-refractivity contribution < 1.29 is 23.2 Å². The minimum atomic E-state index is -1.72. The van der Waals surface area contributed by atoms with Gasteiger partial charge >= 0.3 is 0 Å². The zero-order valence-corrected chi connectivity index (χ0v) is 19.6. The van der Waals surface area contributed by atoms with Crippen LogP contribution < -0.4 is 0 Å². The van der Waals surface area contributed by atoms with Crippen molar-refractivity contribution in [3.05, 3.63) is 64.8 Å². The zero-order valence-electron chi connectivity index (χ0n) is 18.9. The van der Waals surface area contributed by atoms with Crippen LogP contribution in [0.4, 0.5) is 8.78 Å². The summed E-state index contributed by atoms with van der Waals surface area (Å²) in [5, 5.41) is 0.591. The second-order valence-electron chi connectivity index (χ2n) is 8.95. The van der Waals surface area contributed by atoms with Gasteiger partial charge in [0.05, 0.1) is 23.1 Å². The van der Waals surface area contributed by atoms with E-state index < -0.39 is 23.4 Å². The Balaban J connectivity index is 1.53. The van der Waals surface area contributed by atoms with Crippen LogP contribution in [0.15, 0.2) is 42.9 Å². The third-order valence-corrected chi connectivity index (χ3v) is 6.52. The van der Waals surface area contributed by atoms with Gasteiger partial charge in [-0.15, -0.1) is 0 Å². The summed E-state index contributed by atoms with van der Waals surface area (Å²) in [4.78, 5) is 43.5. The molecular formula is C25H24ClF2N3O3. The average Bonchev–Trinajstić information content (AvgIpc) is 3.32. The van der Waals surface area contributed by atoms with Crippen molar-refractivity contribution in [1.82, 2.24) is 14.5 Å². The van der Waals surface area contributed by atoms with E-state index in [0.29, 0.717) is 22.0 Å². The maximum absolute atomic E-state index is 14.9. The molecule has 1 aromatic carbocycles. The first-order valence-corrected chi connectivity index (χ1v) is 11.3. The highest BCUT2D eigenvalue weighted by Crippen LogP contribution is 2.32. The first-order chi connectivity index (χ1) is 16.1. The number of hydrogen-bond acceptors (Lipinski definition) is 4. The van der Waals surface area contributed by atoms with E-state index in [1.54, 1.807) is 41.4 Å². The van der Waals surface area contributed by atoms with Crippen molar-refractivity contribution in [2.45, 2.75) is 51.4 Å². The number of benzene rings is 1. The lowest BCUT2D eigenvalue weighted by Gasteiger charge is -2.24. The Kier molecular flexibility index (Phi) is 6.53. The molecule has 2 aromatic heterocycles. The molecule has 0 unspecified atom stereocenters. The molecular weight excluding hydrogens is 464 g/mol. The fourth-order valence-electron chi connectivity index (χ4n) is 4.55. The van der Waals surface area contributed by atoms with Crippen LogP contribution in [-0.4, -0.2) is 50.2 Å². The van der Waals surface area contributed by atoms with Gasteiger partial charge in [0.2, 0.25) is 5.91 Å². The van der Waals surface area contributed by atoms with Crippen LogP contribution in [0.3, 0.4) is 0 Å². The maximum Gasteiger partial charge on any atom is 0.243 e. The summed E-state index contributed by atoms with van der Waals surface area (Å²) < 4.78 is 30.7. The van der Waals surface area contributed by atoms with Crippen LogP contribution in [0.1, 0.15) is 42.6 Å². The number of Topliss-reactive ketones (excluding diaryl/α,β-unsaturated/α-hetero) is 2. The molecule has 1 fully saturated rings. The molecule has 0 bridgehead atoms. The molecule has 1 amide bonds. The Morgan fingerprint density at radius 3 is 2.76 bits per heavy atom. The van der Waals surface area contributed by atoms with E-state index in [2.05, 4.69) is 4.98 Å². The molecule has 1 aliphatic rings. The van der Waals surface area contributed by atoms with E-state index in [-0.39, 0.29) is 48.9 Å². The van der Waals surface area contributed by atoms with Crippen LogP contribution in [0, 0.1) is 5.82 Å². The Morgan fingerprint density at radius 1 is 1.26 bits per heavy atom. The number of carbonyl (C=O) groups excluding carboxylic acids is 3. The van der Waals surface area contributed by atoms with Crippen molar-refractivity contribution in [1.29, 1.82) is 0 Å². The predicted octanol–water partition coefficient (Wildman–Crippen LogP) is 4.56. The number of fused-ring (bicyclic) bond motifs is 1. The molecule has 3 aromatic rings. The van der Waals surface area contributed by atoms with Gasteiger partial charge in [0, 0.05) is 42.4 Å². The molecule has 0 aliphatic carbocycles. The van der Waals surface area contributed by atoms with Gasteiger partial charge in [-0.2, -0.15) is 0 Å². The predicted molar refractivity (Wildman–Crippen MR) is 124 cm³/mol.